The molecule has 3 N–H and O–H groups in total. The van der Waals surface area contributed by atoms with Crippen molar-refractivity contribution in [3.63, 3.8) is 0 Å². The van der Waals surface area contributed by atoms with Gasteiger partial charge in [0.15, 0.2) is 0 Å². The molecule has 29 heavy (non-hydrogen) atoms. The molecule has 1 aliphatic rings. The Hall–Kier alpha value is -3.48. The predicted molar refractivity (Wildman–Crippen MR) is 111 cm³/mol. The number of amides is 1. The Kier molecular flexibility index (Phi) is 5.12. The third-order valence-corrected chi connectivity index (χ3v) is 5.10. The molecular formula is C22H22N4O3. The molecule has 0 radical (unpaired) electrons. The van der Waals surface area contributed by atoms with Gasteiger partial charge in [0.2, 0.25) is 0 Å². The maximum absolute atomic E-state index is 12.5. The SMILES string of the molecule is CCc1nc(-c2cccc(NC(=O)C3=CCCCC3)c2)c2c(C(=O)O)c[nH]c2n1. The Labute approximate surface area is 167 Å². The number of fused-ring (bicyclic) bond motifs is 1. The summed E-state index contributed by atoms with van der Waals surface area (Å²) in [6, 6.07) is 7.32. The van der Waals surface area contributed by atoms with Crippen LogP contribution in [0.15, 0.2) is 42.1 Å². The van der Waals surface area contributed by atoms with Gasteiger partial charge in [-0.15, -0.1) is 0 Å². The largest absolute Gasteiger partial charge is 0.478 e. The zero-order chi connectivity index (χ0) is 20.4. The molecule has 0 bridgehead atoms. The van der Waals surface area contributed by atoms with Crippen molar-refractivity contribution < 1.29 is 14.7 Å². The topological polar surface area (TPSA) is 108 Å². The van der Waals surface area contributed by atoms with Crippen LogP contribution < -0.4 is 5.32 Å². The Morgan fingerprint density at radius 1 is 1.24 bits per heavy atom. The van der Waals surface area contributed by atoms with Crippen LogP contribution in [0.25, 0.3) is 22.3 Å². The molecule has 148 valence electrons. The fraction of sp³-hybridized carbons (Fsp3) is 0.273. The lowest BCUT2D eigenvalue weighted by atomic mass is 9.99. The number of rotatable bonds is 5. The summed E-state index contributed by atoms with van der Waals surface area (Å²) in [5.41, 5.74) is 3.35. The van der Waals surface area contributed by atoms with Crippen molar-refractivity contribution in [2.75, 3.05) is 5.32 Å². The van der Waals surface area contributed by atoms with Gasteiger partial charge in [-0.1, -0.05) is 25.1 Å². The molecule has 0 fully saturated rings. The van der Waals surface area contributed by atoms with Gasteiger partial charge in [-0.05, 0) is 37.8 Å². The molecule has 2 aromatic heterocycles. The van der Waals surface area contributed by atoms with E-state index in [0.717, 1.165) is 36.8 Å². The quantitative estimate of drug-likeness (QED) is 0.601. The van der Waals surface area contributed by atoms with Crippen LogP contribution in [0.5, 0.6) is 0 Å². The molecule has 4 rings (SSSR count). The lowest BCUT2D eigenvalue weighted by molar-refractivity contribution is -0.113. The van der Waals surface area contributed by atoms with Gasteiger partial charge in [-0.2, -0.15) is 0 Å². The van der Waals surface area contributed by atoms with Crippen molar-refractivity contribution in [1.29, 1.82) is 0 Å². The number of nitrogens with zero attached hydrogens (tertiary/aromatic N) is 2. The van der Waals surface area contributed by atoms with E-state index in [-0.39, 0.29) is 11.5 Å². The molecular weight excluding hydrogens is 368 g/mol. The summed E-state index contributed by atoms with van der Waals surface area (Å²) in [4.78, 5) is 36.1. The highest BCUT2D eigenvalue weighted by Crippen LogP contribution is 2.31. The van der Waals surface area contributed by atoms with Crippen LogP contribution in [0.1, 0.15) is 48.8 Å². The number of nitrogens with one attached hydrogen (secondary N) is 2. The third-order valence-electron chi connectivity index (χ3n) is 5.10. The van der Waals surface area contributed by atoms with Crippen LogP contribution in [0, 0.1) is 0 Å². The number of anilines is 1. The maximum atomic E-state index is 12.5. The predicted octanol–water partition coefficient (Wildman–Crippen LogP) is 4.32. The molecule has 0 saturated carbocycles. The minimum absolute atomic E-state index is 0.0863. The number of benzene rings is 1. The summed E-state index contributed by atoms with van der Waals surface area (Å²) < 4.78 is 0. The second-order valence-electron chi connectivity index (χ2n) is 7.08. The van der Waals surface area contributed by atoms with Gasteiger partial charge in [0, 0.05) is 29.4 Å². The number of carbonyl (C=O) groups is 2. The second-order valence-corrected chi connectivity index (χ2v) is 7.08. The molecule has 2 heterocycles. The first-order valence-electron chi connectivity index (χ1n) is 9.79. The zero-order valence-electron chi connectivity index (χ0n) is 16.2. The Morgan fingerprint density at radius 3 is 2.83 bits per heavy atom. The van der Waals surface area contributed by atoms with Crippen molar-refractivity contribution >= 4 is 28.6 Å². The molecule has 7 nitrogen and oxygen atoms in total. The van der Waals surface area contributed by atoms with Crippen molar-refractivity contribution in [1.82, 2.24) is 15.0 Å². The molecule has 0 spiro atoms. The van der Waals surface area contributed by atoms with Crippen LogP contribution in [0.3, 0.4) is 0 Å². The lowest BCUT2D eigenvalue weighted by Gasteiger charge is -2.13. The molecule has 0 aliphatic heterocycles. The molecule has 1 aliphatic carbocycles. The van der Waals surface area contributed by atoms with Gasteiger partial charge in [-0.25, -0.2) is 14.8 Å². The summed E-state index contributed by atoms with van der Waals surface area (Å²) in [5, 5.41) is 13.0. The zero-order valence-corrected chi connectivity index (χ0v) is 16.2. The Bertz CT molecular complexity index is 1130. The number of H-pyrrole nitrogens is 1. The fourth-order valence-corrected chi connectivity index (χ4v) is 3.61. The third kappa shape index (κ3) is 3.76. The van der Waals surface area contributed by atoms with Crippen molar-refractivity contribution in [2.24, 2.45) is 0 Å². The Morgan fingerprint density at radius 2 is 2.10 bits per heavy atom. The van der Waals surface area contributed by atoms with E-state index in [4.69, 9.17) is 0 Å². The normalized spacial score (nSPS) is 13.9. The highest BCUT2D eigenvalue weighted by Gasteiger charge is 2.19. The number of aromatic carboxylic acids is 1. The minimum atomic E-state index is -1.04. The summed E-state index contributed by atoms with van der Waals surface area (Å²) in [7, 11) is 0. The van der Waals surface area contributed by atoms with E-state index in [9.17, 15) is 14.7 Å². The molecule has 0 saturated heterocycles. The number of aromatic amines is 1. The van der Waals surface area contributed by atoms with Crippen LogP contribution in [-0.2, 0) is 11.2 Å². The van der Waals surface area contributed by atoms with Gasteiger partial charge in [0.25, 0.3) is 5.91 Å². The number of aromatic nitrogens is 3. The summed E-state index contributed by atoms with van der Waals surface area (Å²) in [6.45, 7) is 1.94. The van der Waals surface area contributed by atoms with Gasteiger partial charge < -0.3 is 15.4 Å². The van der Waals surface area contributed by atoms with E-state index in [1.807, 2.05) is 37.3 Å². The van der Waals surface area contributed by atoms with Gasteiger partial charge in [0.1, 0.15) is 11.5 Å². The average Bonchev–Trinajstić information content (AvgIpc) is 3.18. The van der Waals surface area contributed by atoms with Crippen molar-refractivity contribution in [2.45, 2.75) is 39.0 Å². The first kappa shape index (κ1) is 18.9. The van der Waals surface area contributed by atoms with Crippen molar-refractivity contribution in [3.8, 4) is 11.3 Å². The number of allylic oxidation sites excluding steroid dienone is 1. The standard InChI is InChI=1S/C22H22N4O3/c1-2-17-25-19(18-16(22(28)29)12-23-20(18)26-17)14-9-6-10-15(11-14)24-21(27)13-7-4-3-5-8-13/h6-7,9-12H,2-5,8H2,1H3,(H,24,27)(H,28,29)(H,23,25,26). The number of carboxylic acid groups (broad SMARTS) is 1. The molecule has 0 atom stereocenters. The Balaban J connectivity index is 1.75. The van der Waals surface area contributed by atoms with Crippen LogP contribution in [-0.4, -0.2) is 31.9 Å². The number of aryl methyl sites for hydroxylation is 1. The number of hydrogen-bond acceptors (Lipinski definition) is 4. The fourth-order valence-electron chi connectivity index (χ4n) is 3.61. The molecule has 7 heteroatoms. The monoisotopic (exact) mass is 390 g/mol. The number of carbonyl (C=O) groups excluding carboxylic acids is 1. The van der Waals surface area contributed by atoms with Gasteiger partial charge in [-0.3, -0.25) is 4.79 Å². The van der Waals surface area contributed by atoms with E-state index >= 15 is 0 Å². The highest BCUT2D eigenvalue weighted by molar-refractivity contribution is 6.08. The first-order valence-corrected chi connectivity index (χ1v) is 9.79. The van der Waals surface area contributed by atoms with E-state index in [1.54, 1.807) is 0 Å². The smallest absolute Gasteiger partial charge is 0.338 e. The van der Waals surface area contributed by atoms with Crippen LogP contribution in [0.2, 0.25) is 0 Å². The molecule has 1 aromatic carbocycles. The molecule has 0 unspecified atom stereocenters. The summed E-state index contributed by atoms with van der Waals surface area (Å²) in [5.74, 6) is -0.510. The maximum Gasteiger partial charge on any atom is 0.338 e. The van der Waals surface area contributed by atoms with Crippen LogP contribution in [0.4, 0.5) is 5.69 Å². The average molecular weight is 390 g/mol. The van der Waals surface area contributed by atoms with Gasteiger partial charge in [0.05, 0.1) is 16.6 Å². The number of carboxylic acids is 1. The van der Waals surface area contributed by atoms with E-state index in [0.29, 0.717) is 34.7 Å². The molecule has 3 aromatic rings. The first-order chi connectivity index (χ1) is 14.1. The lowest BCUT2D eigenvalue weighted by Crippen LogP contribution is -2.15. The summed E-state index contributed by atoms with van der Waals surface area (Å²) >= 11 is 0. The number of hydrogen-bond donors (Lipinski definition) is 3. The van der Waals surface area contributed by atoms with E-state index in [2.05, 4.69) is 20.3 Å². The van der Waals surface area contributed by atoms with E-state index < -0.39 is 5.97 Å². The molecule has 1 amide bonds. The second kappa shape index (κ2) is 7.87. The highest BCUT2D eigenvalue weighted by atomic mass is 16.4. The minimum Gasteiger partial charge on any atom is -0.478 e. The van der Waals surface area contributed by atoms with E-state index in [1.165, 1.54) is 6.20 Å². The summed E-state index contributed by atoms with van der Waals surface area (Å²) in [6.07, 6.45) is 7.95. The van der Waals surface area contributed by atoms with Crippen LogP contribution >= 0.6 is 0 Å². The van der Waals surface area contributed by atoms with Crippen molar-refractivity contribution in [3.05, 3.63) is 53.5 Å². The van der Waals surface area contributed by atoms with Gasteiger partial charge >= 0.3 is 5.97 Å².